The number of carbonyl (C=O) groups is 2. The minimum atomic E-state index is 0.113. The first-order valence-corrected chi connectivity index (χ1v) is 10.4. The second kappa shape index (κ2) is 7.32. The van der Waals surface area contributed by atoms with Crippen LogP contribution in [0, 0.1) is 0 Å². The fourth-order valence-corrected chi connectivity index (χ4v) is 5.55. The van der Waals surface area contributed by atoms with Crippen molar-refractivity contribution in [3.63, 3.8) is 0 Å². The molecule has 0 radical (unpaired) electrons. The van der Waals surface area contributed by atoms with Crippen LogP contribution in [0.2, 0.25) is 0 Å². The maximum absolute atomic E-state index is 11.4. The highest BCUT2D eigenvalue weighted by Gasteiger charge is 2.21. The van der Waals surface area contributed by atoms with Crippen molar-refractivity contribution in [1.29, 1.82) is 0 Å². The summed E-state index contributed by atoms with van der Waals surface area (Å²) in [6.07, 6.45) is 4.63. The van der Waals surface area contributed by atoms with Gasteiger partial charge in [-0.1, -0.05) is 23.5 Å². The summed E-state index contributed by atoms with van der Waals surface area (Å²) in [5, 5.41) is 2.68. The zero-order valence-electron chi connectivity index (χ0n) is 13.2. The smallest absolute Gasteiger partial charge is 0.190 e. The summed E-state index contributed by atoms with van der Waals surface area (Å²) >= 11 is 4.61. The van der Waals surface area contributed by atoms with Gasteiger partial charge in [0, 0.05) is 10.3 Å². The van der Waals surface area contributed by atoms with Crippen LogP contribution in [0.5, 0.6) is 0 Å². The Morgan fingerprint density at radius 3 is 2.48 bits per heavy atom. The second-order valence-electron chi connectivity index (χ2n) is 5.68. The van der Waals surface area contributed by atoms with Crippen molar-refractivity contribution in [3.05, 3.63) is 10.4 Å². The van der Waals surface area contributed by atoms with Gasteiger partial charge >= 0.3 is 0 Å². The highest BCUT2D eigenvalue weighted by atomic mass is 32.2. The summed E-state index contributed by atoms with van der Waals surface area (Å²) in [6, 6.07) is 0. The molecule has 0 saturated carbocycles. The van der Waals surface area contributed by atoms with Crippen LogP contribution in [0.3, 0.4) is 0 Å². The van der Waals surface area contributed by atoms with Gasteiger partial charge in [0.25, 0.3) is 0 Å². The molecule has 1 aliphatic carbocycles. The Labute approximate surface area is 147 Å². The molecule has 23 heavy (non-hydrogen) atoms. The first kappa shape index (κ1) is 16.9. The van der Waals surface area contributed by atoms with E-state index in [1.807, 2.05) is 0 Å². The third-order valence-corrected chi connectivity index (χ3v) is 6.87. The summed E-state index contributed by atoms with van der Waals surface area (Å²) in [5.74, 6) is 1.06. The third-order valence-electron chi connectivity index (χ3n) is 3.58. The van der Waals surface area contributed by atoms with Gasteiger partial charge in [0.15, 0.2) is 5.16 Å². The predicted molar refractivity (Wildman–Crippen MR) is 96.9 cm³/mol. The fraction of sp³-hybridized carbons (Fsp3) is 0.500. The van der Waals surface area contributed by atoms with E-state index in [0.717, 1.165) is 28.1 Å². The molecule has 2 aromatic heterocycles. The van der Waals surface area contributed by atoms with Gasteiger partial charge in [-0.15, -0.1) is 11.3 Å². The SMILES string of the molecule is CC(=O)CSc1nc(SCC(C)=O)c2c3c(sc2n1)CCCC3. The number of Topliss-reactive ketones (excluding diaryl/α,β-unsaturated/α-hetero) is 2. The summed E-state index contributed by atoms with van der Waals surface area (Å²) in [6.45, 7) is 3.17. The molecule has 122 valence electrons. The van der Waals surface area contributed by atoms with Crippen LogP contribution in [0.15, 0.2) is 10.2 Å². The van der Waals surface area contributed by atoms with Crippen LogP contribution in [-0.2, 0) is 22.4 Å². The summed E-state index contributed by atoms with van der Waals surface area (Å²) in [4.78, 5) is 34.3. The van der Waals surface area contributed by atoms with Gasteiger partial charge in [-0.2, -0.15) is 0 Å². The normalized spacial score (nSPS) is 14.0. The number of rotatable bonds is 6. The number of aryl methyl sites for hydroxylation is 2. The molecule has 0 unspecified atom stereocenters. The van der Waals surface area contributed by atoms with Crippen molar-refractivity contribution in [1.82, 2.24) is 9.97 Å². The molecule has 0 atom stereocenters. The van der Waals surface area contributed by atoms with Gasteiger partial charge in [0.1, 0.15) is 21.4 Å². The van der Waals surface area contributed by atoms with Crippen molar-refractivity contribution in [3.8, 4) is 0 Å². The second-order valence-corrected chi connectivity index (χ2v) is 8.67. The molecule has 0 spiro atoms. The molecule has 3 rings (SSSR count). The van der Waals surface area contributed by atoms with Gasteiger partial charge in [0.2, 0.25) is 0 Å². The average molecular weight is 367 g/mol. The zero-order valence-corrected chi connectivity index (χ0v) is 15.6. The van der Waals surface area contributed by atoms with Crippen LogP contribution in [0.4, 0.5) is 0 Å². The number of thioether (sulfide) groups is 2. The number of aromatic nitrogens is 2. The standard InChI is InChI=1S/C16H18N2O2S3/c1-9(19)7-21-14-13-11-5-3-4-6-12(11)23-15(13)18-16(17-14)22-8-10(2)20/h3-8H2,1-2H3. The maximum atomic E-state index is 11.4. The highest BCUT2D eigenvalue weighted by molar-refractivity contribution is 8.00. The molecular weight excluding hydrogens is 348 g/mol. The number of hydrogen-bond donors (Lipinski definition) is 0. The Morgan fingerprint density at radius 1 is 1.04 bits per heavy atom. The lowest BCUT2D eigenvalue weighted by atomic mass is 9.97. The number of carbonyl (C=O) groups excluding carboxylic acids is 2. The lowest BCUT2D eigenvalue weighted by Crippen LogP contribution is -2.01. The van der Waals surface area contributed by atoms with Crippen molar-refractivity contribution < 1.29 is 9.59 Å². The van der Waals surface area contributed by atoms with E-state index in [0.29, 0.717) is 16.7 Å². The number of hydrogen-bond acceptors (Lipinski definition) is 7. The maximum Gasteiger partial charge on any atom is 0.190 e. The van der Waals surface area contributed by atoms with E-state index in [-0.39, 0.29) is 11.6 Å². The third kappa shape index (κ3) is 3.95. The van der Waals surface area contributed by atoms with Crippen LogP contribution in [-0.4, -0.2) is 33.0 Å². The van der Waals surface area contributed by atoms with Crippen molar-refractivity contribution in [2.75, 3.05) is 11.5 Å². The van der Waals surface area contributed by atoms with Crippen molar-refractivity contribution in [2.24, 2.45) is 0 Å². The minimum Gasteiger partial charge on any atom is -0.299 e. The lowest BCUT2D eigenvalue weighted by Gasteiger charge is -2.11. The number of thiophene rings is 1. The van der Waals surface area contributed by atoms with Gasteiger partial charge in [-0.3, -0.25) is 9.59 Å². The monoisotopic (exact) mass is 366 g/mol. The Balaban J connectivity index is 2.03. The molecule has 0 amide bonds. The average Bonchev–Trinajstić information content (AvgIpc) is 2.89. The molecule has 2 heterocycles. The molecular formula is C16H18N2O2S3. The lowest BCUT2D eigenvalue weighted by molar-refractivity contribution is -0.115. The van der Waals surface area contributed by atoms with E-state index in [9.17, 15) is 9.59 Å². The van der Waals surface area contributed by atoms with Crippen molar-refractivity contribution in [2.45, 2.75) is 49.7 Å². The van der Waals surface area contributed by atoms with E-state index in [1.54, 1.807) is 25.2 Å². The molecule has 0 N–H and O–H groups in total. The molecule has 2 aromatic rings. The number of nitrogens with zero attached hydrogens (tertiary/aromatic N) is 2. The van der Waals surface area contributed by atoms with Gasteiger partial charge in [0.05, 0.1) is 11.5 Å². The Kier molecular flexibility index (Phi) is 5.38. The Morgan fingerprint density at radius 2 is 1.74 bits per heavy atom. The molecule has 0 aliphatic heterocycles. The van der Waals surface area contributed by atoms with E-state index in [2.05, 4.69) is 9.97 Å². The largest absolute Gasteiger partial charge is 0.299 e. The molecule has 0 bridgehead atoms. The molecule has 1 aliphatic rings. The molecule has 0 fully saturated rings. The van der Waals surface area contributed by atoms with E-state index in [4.69, 9.17) is 0 Å². The Hall–Kier alpha value is -0.920. The molecule has 0 saturated heterocycles. The van der Waals surface area contributed by atoms with Crippen LogP contribution in [0.1, 0.15) is 37.1 Å². The van der Waals surface area contributed by atoms with Gasteiger partial charge in [-0.05, 0) is 45.1 Å². The van der Waals surface area contributed by atoms with E-state index < -0.39 is 0 Å². The topological polar surface area (TPSA) is 59.9 Å². The van der Waals surface area contributed by atoms with E-state index in [1.165, 1.54) is 46.8 Å². The molecule has 4 nitrogen and oxygen atoms in total. The summed E-state index contributed by atoms with van der Waals surface area (Å²) < 4.78 is 0. The van der Waals surface area contributed by atoms with E-state index >= 15 is 0 Å². The van der Waals surface area contributed by atoms with Crippen LogP contribution in [0.25, 0.3) is 10.2 Å². The minimum absolute atomic E-state index is 0.113. The highest BCUT2D eigenvalue weighted by Crippen LogP contribution is 2.40. The van der Waals surface area contributed by atoms with Crippen molar-refractivity contribution >= 4 is 56.6 Å². The Bertz CT molecular complexity index is 770. The predicted octanol–water partition coefficient (Wildman–Crippen LogP) is 3.93. The first-order chi connectivity index (χ1) is 11.0. The fourth-order valence-electron chi connectivity index (χ4n) is 2.61. The van der Waals surface area contributed by atoms with Gasteiger partial charge < -0.3 is 0 Å². The molecule has 0 aromatic carbocycles. The van der Waals surface area contributed by atoms with Crippen LogP contribution < -0.4 is 0 Å². The zero-order chi connectivity index (χ0) is 16.4. The van der Waals surface area contributed by atoms with Gasteiger partial charge in [-0.25, -0.2) is 9.97 Å². The quantitative estimate of drug-likeness (QED) is 0.438. The number of fused-ring (bicyclic) bond motifs is 3. The summed E-state index contributed by atoms with van der Waals surface area (Å²) in [7, 11) is 0. The summed E-state index contributed by atoms with van der Waals surface area (Å²) in [5.41, 5.74) is 1.38. The van der Waals surface area contributed by atoms with Crippen LogP contribution >= 0.6 is 34.9 Å². The number of ketones is 2. The first-order valence-electron chi connectivity index (χ1n) is 7.61. The molecule has 7 heteroatoms.